The van der Waals surface area contributed by atoms with Crippen molar-refractivity contribution < 1.29 is 17.9 Å². The first-order valence-electron chi connectivity index (χ1n) is 11.5. The third-order valence-corrected chi connectivity index (χ3v) is 6.64. The summed E-state index contributed by atoms with van der Waals surface area (Å²) in [5.74, 6) is 1.19. The number of hydrogen-bond donors (Lipinski definition) is 0. The van der Waals surface area contributed by atoms with Gasteiger partial charge in [-0.2, -0.15) is 13.5 Å². The largest absolute Gasteiger partial charge is 0.439 e. The summed E-state index contributed by atoms with van der Waals surface area (Å²) in [5.41, 5.74) is 7.59. The van der Waals surface area contributed by atoms with E-state index in [9.17, 15) is 4.79 Å². The highest BCUT2D eigenvalue weighted by Gasteiger charge is 2.33. The van der Waals surface area contributed by atoms with Crippen molar-refractivity contribution in [3.8, 4) is 11.6 Å². The van der Waals surface area contributed by atoms with Crippen LogP contribution in [0.2, 0.25) is 0 Å². The fourth-order valence-corrected chi connectivity index (χ4v) is 5.00. The summed E-state index contributed by atoms with van der Waals surface area (Å²) in [6.45, 7) is 13.5. The van der Waals surface area contributed by atoms with Crippen LogP contribution in [0.5, 0.6) is 11.6 Å². The molecule has 0 N–H and O–H groups in total. The number of ether oxygens (including phenoxy) is 1. The van der Waals surface area contributed by atoms with Gasteiger partial charge in [0, 0.05) is 12.1 Å². The van der Waals surface area contributed by atoms with Gasteiger partial charge in [-0.05, 0) is 92.8 Å². The lowest BCUT2D eigenvalue weighted by molar-refractivity contribution is 0.103. The number of hydrogen-bond acceptors (Lipinski definition) is 5. The second-order valence-corrected chi connectivity index (χ2v) is 9.58. The van der Waals surface area contributed by atoms with Gasteiger partial charge < -0.3 is 4.74 Å². The highest BCUT2D eigenvalue weighted by Crippen LogP contribution is 2.42. The smallest absolute Gasteiger partial charge is 0.335 e. The molecule has 7 heteroatoms. The summed E-state index contributed by atoms with van der Waals surface area (Å²) >= 11 is -0.750. The van der Waals surface area contributed by atoms with Crippen LogP contribution in [0.3, 0.4) is 0 Å². The third-order valence-electron chi connectivity index (χ3n) is 6.64. The Hall–Kier alpha value is -3.06. The average Bonchev–Trinajstić information content (AvgIpc) is 3.19. The van der Waals surface area contributed by atoms with Crippen LogP contribution < -0.4 is 4.74 Å². The Morgan fingerprint density at radius 3 is 2.38 bits per heavy atom. The molecule has 1 aromatic heterocycles. The lowest BCUT2D eigenvalue weighted by Gasteiger charge is -2.36. The van der Waals surface area contributed by atoms with Gasteiger partial charge in [-0.3, -0.25) is 4.79 Å². The summed E-state index contributed by atoms with van der Waals surface area (Å²) in [5, 5.41) is 4.43. The number of fused-ring (bicyclic) bond motifs is 1. The first-order chi connectivity index (χ1) is 16.1. The van der Waals surface area contributed by atoms with E-state index in [1.807, 2.05) is 38.1 Å². The van der Waals surface area contributed by atoms with Gasteiger partial charge in [0.2, 0.25) is 5.88 Å². The second-order valence-electron chi connectivity index (χ2n) is 9.45. The zero-order valence-corrected chi connectivity index (χ0v) is 21.5. The van der Waals surface area contributed by atoms with E-state index in [4.69, 9.17) is 13.2 Å². The van der Waals surface area contributed by atoms with Crippen LogP contribution in [-0.2, 0) is 30.0 Å². The molecule has 0 spiro atoms. The number of aromatic nitrogens is 2. The van der Waals surface area contributed by atoms with Crippen molar-refractivity contribution in [1.29, 1.82) is 0 Å². The van der Waals surface area contributed by atoms with Crippen molar-refractivity contribution in [3.63, 3.8) is 0 Å². The first-order valence-corrected chi connectivity index (χ1v) is 12.2. The van der Waals surface area contributed by atoms with Crippen LogP contribution in [0.25, 0.3) is 0 Å². The molecule has 1 aliphatic carbocycles. The molecule has 0 bridgehead atoms. The third kappa shape index (κ3) is 5.04. The second kappa shape index (κ2) is 10.5. The summed E-state index contributed by atoms with van der Waals surface area (Å²) in [6, 6.07) is 9.92. The molecule has 6 nitrogen and oxygen atoms in total. The van der Waals surface area contributed by atoms with Crippen molar-refractivity contribution in [1.82, 2.24) is 9.78 Å². The lowest BCUT2D eigenvalue weighted by Crippen LogP contribution is -2.27. The number of carbonyl (C=O) groups is 1. The average molecular weight is 481 g/mol. The molecule has 0 saturated heterocycles. The Morgan fingerprint density at radius 2 is 1.76 bits per heavy atom. The number of aryl methyl sites for hydroxylation is 3. The quantitative estimate of drug-likeness (QED) is 0.432. The minimum atomic E-state index is -0.750. The molecule has 1 aliphatic rings. The van der Waals surface area contributed by atoms with E-state index in [0.717, 1.165) is 29.5 Å². The van der Waals surface area contributed by atoms with Crippen LogP contribution in [0.1, 0.15) is 77.4 Å². The van der Waals surface area contributed by atoms with Gasteiger partial charge in [0.25, 0.3) is 0 Å². The Morgan fingerprint density at radius 1 is 1.12 bits per heavy atom. The standard InChI is InChI=1S/C27H32N2O2.O2S/c1-7-29-26(31-20-12-10-17(2)11-13-20)23(16-28-29)25(30)22-15-18(3)21-9-8-14-27(5,6)24(21)19(22)4;1-3-2/h10-13,15-16H,7-9,14H2,1-6H3;. The molecule has 0 unspecified atom stereocenters. The number of carbonyl (C=O) groups excluding carboxylic acids is 1. The van der Waals surface area contributed by atoms with Crippen molar-refractivity contribution in [3.05, 3.63) is 75.5 Å². The van der Waals surface area contributed by atoms with Crippen LogP contribution in [0.15, 0.2) is 36.5 Å². The number of benzene rings is 2. The van der Waals surface area contributed by atoms with Gasteiger partial charge in [-0.25, -0.2) is 4.68 Å². The van der Waals surface area contributed by atoms with Gasteiger partial charge in [0.15, 0.2) is 5.78 Å². The zero-order valence-electron chi connectivity index (χ0n) is 20.7. The van der Waals surface area contributed by atoms with E-state index in [2.05, 4.69) is 38.9 Å². The fourth-order valence-electron chi connectivity index (χ4n) is 5.00. The summed E-state index contributed by atoms with van der Waals surface area (Å²) in [7, 11) is 0. The van der Waals surface area contributed by atoms with E-state index in [1.54, 1.807) is 10.9 Å². The van der Waals surface area contributed by atoms with Gasteiger partial charge in [-0.15, -0.1) is 0 Å². The predicted octanol–water partition coefficient (Wildman–Crippen LogP) is 5.80. The van der Waals surface area contributed by atoms with Crippen LogP contribution in [0, 0.1) is 20.8 Å². The highest BCUT2D eigenvalue weighted by atomic mass is 32.1. The fraction of sp³-hybridized carbons (Fsp3) is 0.407. The molecule has 34 heavy (non-hydrogen) atoms. The Kier molecular flexibility index (Phi) is 7.87. The number of nitrogens with zero attached hydrogens (tertiary/aromatic N) is 2. The monoisotopic (exact) mass is 480 g/mol. The molecular formula is C27H32N2O4S. The van der Waals surface area contributed by atoms with Crippen molar-refractivity contribution in [2.45, 2.75) is 72.8 Å². The molecular weight excluding hydrogens is 448 g/mol. The van der Waals surface area contributed by atoms with Gasteiger partial charge >= 0.3 is 11.6 Å². The van der Waals surface area contributed by atoms with E-state index < -0.39 is 11.6 Å². The lowest BCUT2D eigenvalue weighted by atomic mass is 9.68. The van der Waals surface area contributed by atoms with E-state index in [-0.39, 0.29) is 11.2 Å². The van der Waals surface area contributed by atoms with Crippen LogP contribution >= 0.6 is 0 Å². The topological polar surface area (TPSA) is 78.3 Å². The molecule has 0 saturated carbocycles. The van der Waals surface area contributed by atoms with Gasteiger partial charge in [0.1, 0.15) is 11.3 Å². The first kappa shape index (κ1) is 25.6. The number of rotatable bonds is 5. The van der Waals surface area contributed by atoms with Crippen molar-refractivity contribution >= 4 is 17.4 Å². The molecule has 0 radical (unpaired) electrons. The Bertz CT molecular complexity index is 1240. The van der Waals surface area contributed by atoms with Crippen LogP contribution in [-0.4, -0.2) is 24.0 Å². The highest BCUT2D eigenvalue weighted by molar-refractivity contribution is 7.51. The minimum absolute atomic E-state index is 0.0217. The zero-order chi connectivity index (χ0) is 25.0. The van der Waals surface area contributed by atoms with E-state index in [0.29, 0.717) is 23.7 Å². The predicted molar refractivity (Wildman–Crippen MR) is 133 cm³/mol. The Balaban J connectivity index is 0.00000103. The molecule has 0 atom stereocenters. The maximum absolute atomic E-state index is 13.8. The molecule has 180 valence electrons. The molecule has 1 heterocycles. The Labute approximate surface area is 204 Å². The normalized spacial score (nSPS) is 13.9. The molecule has 0 fully saturated rings. The molecule has 0 amide bonds. The summed E-state index contributed by atoms with van der Waals surface area (Å²) in [6.07, 6.45) is 5.09. The van der Waals surface area contributed by atoms with E-state index >= 15 is 0 Å². The molecule has 3 aromatic rings. The molecule has 4 rings (SSSR count). The number of ketones is 1. The summed E-state index contributed by atoms with van der Waals surface area (Å²) in [4.78, 5) is 13.8. The van der Waals surface area contributed by atoms with Gasteiger partial charge in [-0.1, -0.05) is 31.5 Å². The maximum Gasteiger partial charge on any atom is 0.335 e. The minimum Gasteiger partial charge on any atom is -0.439 e. The van der Waals surface area contributed by atoms with Crippen molar-refractivity contribution in [2.24, 2.45) is 0 Å². The van der Waals surface area contributed by atoms with Crippen LogP contribution in [0.4, 0.5) is 0 Å². The maximum atomic E-state index is 13.8. The molecule has 2 aromatic carbocycles. The molecule has 0 aliphatic heterocycles. The summed E-state index contributed by atoms with van der Waals surface area (Å²) < 4.78 is 24.5. The SMILES string of the molecule is CCn1ncc(C(=O)c2cc(C)c3c(c2C)C(C)(C)CCC3)c1Oc1ccc(C)cc1.O=S=O. The van der Waals surface area contributed by atoms with E-state index in [1.165, 1.54) is 23.1 Å². The van der Waals surface area contributed by atoms with Gasteiger partial charge in [0.05, 0.1) is 6.20 Å². The van der Waals surface area contributed by atoms with Crippen molar-refractivity contribution in [2.75, 3.05) is 0 Å².